The van der Waals surface area contributed by atoms with Crippen molar-refractivity contribution in [3.63, 3.8) is 0 Å². The lowest BCUT2D eigenvalue weighted by molar-refractivity contribution is 0.103. The van der Waals surface area contributed by atoms with Gasteiger partial charge in [0.1, 0.15) is 0 Å². The molecule has 2 heteroatoms. The fourth-order valence-electron chi connectivity index (χ4n) is 2.42. The van der Waals surface area contributed by atoms with Crippen molar-refractivity contribution in [1.82, 2.24) is 4.90 Å². The van der Waals surface area contributed by atoms with Crippen molar-refractivity contribution in [2.24, 2.45) is 0 Å². The largest absolute Gasteiger partial charge is 0.391 e. The molecular weight excluding hydrogens is 126 g/mol. The van der Waals surface area contributed by atoms with E-state index in [4.69, 9.17) is 0 Å². The first-order valence-electron chi connectivity index (χ1n) is 4.19. The first-order valence-corrected chi connectivity index (χ1v) is 4.19. The van der Waals surface area contributed by atoms with Gasteiger partial charge in [0.05, 0.1) is 6.10 Å². The van der Waals surface area contributed by atoms with Crippen molar-refractivity contribution in [1.29, 1.82) is 0 Å². The lowest BCUT2D eigenvalue weighted by Gasteiger charge is -2.30. The highest BCUT2D eigenvalue weighted by atomic mass is 16.3. The van der Waals surface area contributed by atoms with Crippen LogP contribution in [0.4, 0.5) is 0 Å². The molecule has 10 heavy (non-hydrogen) atoms. The summed E-state index contributed by atoms with van der Waals surface area (Å²) in [4.78, 5) is 2.36. The molecule has 2 aliphatic rings. The normalized spacial score (nSPS) is 48.0. The van der Waals surface area contributed by atoms with E-state index < -0.39 is 0 Å². The van der Waals surface area contributed by atoms with Gasteiger partial charge >= 0.3 is 0 Å². The molecule has 0 saturated carbocycles. The summed E-state index contributed by atoms with van der Waals surface area (Å²) in [6.45, 7) is 0. The molecule has 0 aromatic carbocycles. The number of hydrogen-bond acceptors (Lipinski definition) is 2. The molecule has 0 spiro atoms. The van der Waals surface area contributed by atoms with Gasteiger partial charge in [-0.1, -0.05) is 6.42 Å². The third-order valence-electron chi connectivity index (χ3n) is 3.09. The van der Waals surface area contributed by atoms with E-state index in [1.807, 2.05) is 0 Å². The average Bonchev–Trinajstić information content (AvgIpc) is 2.16. The van der Waals surface area contributed by atoms with Gasteiger partial charge < -0.3 is 5.11 Å². The third kappa shape index (κ3) is 0.789. The minimum absolute atomic E-state index is 0.0301. The second-order valence-electron chi connectivity index (χ2n) is 3.62. The molecule has 2 fully saturated rings. The second-order valence-corrected chi connectivity index (χ2v) is 3.62. The zero-order chi connectivity index (χ0) is 7.14. The predicted octanol–water partition coefficient (Wildman–Crippen LogP) is 0.604. The minimum atomic E-state index is -0.0301. The Morgan fingerprint density at radius 1 is 1.40 bits per heavy atom. The Hall–Kier alpha value is -0.0800. The van der Waals surface area contributed by atoms with Crippen LogP contribution in [0.2, 0.25) is 0 Å². The number of nitrogens with zero attached hydrogens (tertiary/aromatic N) is 1. The maximum atomic E-state index is 9.53. The van der Waals surface area contributed by atoms with Gasteiger partial charge in [0, 0.05) is 12.1 Å². The van der Waals surface area contributed by atoms with Gasteiger partial charge in [-0.3, -0.25) is 4.90 Å². The highest BCUT2D eigenvalue weighted by molar-refractivity contribution is 4.95. The lowest BCUT2D eigenvalue weighted by atomic mass is 10.0. The van der Waals surface area contributed by atoms with E-state index in [9.17, 15) is 5.11 Å². The highest BCUT2D eigenvalue weighted by Crippen LogP contribution is 2.33. The Bertz CT molecular complexity index is 137. The van der Waals surface area contributed by atoms with Crippen molar-refractivity contribution in [2.45, 2.75) is 43.9 Å². The van der Waals surface area contributed by atoms with E-state index in [0.717, 1.165) is 6.42 Å². The molecule has 0 aromatic heterocycles. The molecule has 2 bridgehead atoms. The molecule has 1 N–H and O–H groups in total. The van der Waals surface area contributed by atoms with Gasteiger partial charge in [-0.05, 0) is 26.3 Å². The molecule has 2 nitrogen and oxygen atoms in total. The summed E-state index contributed by atoms with van der Waals surface area (Å²) in [5, 5.41) is 9.53. The molecule has 2 saturated heterocycles. The fourth-order valence-corrected chi connectivity index (χ4v) is 2.42. The molecule has 0 radical (unpaired) electrons. The zero-order valence-electron chi connectivity index (χ0n) is 6.45. The maximum Gasteiger partial charge on any atom is 0.0710 e. The van der Waals surface area contributed by atoms with Gasteiger partial charge in [-0.25, -0.2) is 0 Å². The fraction of sp³-hybridized carbons (Fsp3) is 1.00. The zero-order valence-corrected chi connectivity index (χ0v) is 6.45. The number of rotatable bonds is 0. The summed E-state index contributed by atoms with van der Waals surface area (Å²) in [5.74, 6) is 0. The number of aliphatic hydroxyl groups excluding tert-OH is 1. The van der Waals surface area contributed by atoms with Gasteiger partial charge in [0.15, 0.2) is 0 Å². The predicted molar refractivity (Wildman–Crippen MR) is 39.8 cm³/mol. The summed E-state index contributed by atoms with van der Waals surface area (Å²) in [6.07, 6.45) is 4.80. The molecule has 1 unspecified atom stereocenters. The summed E-state index contributed by atoms with van der Waals surface area (Å²) in [6, 6.07) is 1.17. The van der Waals surface area contributed by atoms with Crippen LogP contribution in [0.25, 0.3) is 0 Å². The molecule has 58 valence electrons. The first kappa shape index (κ1) is 6.62. The van der Waals surface area contributed by atoms with Crippen LogP contribution in [0, 0.1) is 0 Å². The molecule has 0 aliphatic carbocycles. The lowest BCUT2D eigenvalue weighted by Crippen LogP contribution is -2.38. The molecule has 2 heterocycles. The molecule has 0 aromatic rings. The van der Waals surface area contributed by atoms with Crippen molar-refractivity contribution in [3.8, 4) is 0 Å². The van der Waals surface area contributed by atoms with Crippen LogP contribution in [-0.4, -0.2) is 35.2 Å². The highest BCUT2D eigenvalue weighted by Gasteiger charge is 2.40. The summed E-state index contributed by atoms with van der Waals surface area (Å²) >= 11 is 0. The molecule has 3 atom stereocenters. The summed E-state index contributed by atoms with van der Waals surface area (Å²) in [5.41, 5.74) is 0. The molecule has 2 aliphatic heterocycles. The number of fused-ring (bicyclic) bond motifs is 2. The maximum absolute atomic E-state index is 9.53. The third-order valence-corrected chi connectivity index (χ3v) is 3.09. The van der Waals surface area contributed by atoms with Crippen LogP contribution in [0.3, 0.4) is 0 Å². The number of aliphatic hydroxyl groups is 1. The standard InChI is InChI=1S/C8H15NO/c1-9-6-3-2-4-7(9)8(10)5-6/h6-8,10H,2-5H2,1H3/t6-,7-,8?/m0/s1. The van der Waals surface area contributed by atoms with E-state index in [0.29, 0.717) is 12.1 Å². The topological polar surface area (TPSA) is 23.5 Å². The summed E-state index contributed by atoms with van der Waals surface area (Å²) < 4.78 is 0. The Balaban J connectivity index is 2.14. The van der Waals surface area contributed by atoms with Crippen molar-refractivity contribution < 1.29 is 5.11 Å². The minimum Gasteiger partial charge on any atom is -0.391 e. The van der Waals surface area contributed by atoms with Gasteiger partial charge in [-0.2, -0.15) is 0 Å². The monoisotopic (exact) mass is 141 g/mol. The van der Waals surface area contributed by atoms with Crippen LogP contribution in [-0.2, 0) is 0 Å². The smallest absolute Gasteiger partial charge is 0.0710 e. The van der Waals surface area contributed by atoms with Gasteiger partial charge in [0.25, 0.3) is 0 Å². The van der Waals surface area contributed by atoms with Crippen LogP contribution in [0.1, 0.15) is 25.7 Å². The van der Waals surface area contributed by atoms with E-state index in [2.05, 4.69) is 11.9 Å². The average molecular weight is 141 g/mol. The van der Waals surface area contributed by atoms with Crippen LogP contribution >= 0.6 is 0 Å². The molecular formula is C8H15NO. The van der Waals surface area contributed by atoms with Gasteiger partial charge in [0.2, 0.25) is 0 Å². The van der Waals surface area contributed by atoms with E-state index in [1.54, 1.807) is 0 Å². The number of piperidine rings is 1. The quantitative estimate of drug-likeness (QED) is 0.534. The van der Waals surface area contributed by atoms with Crippen LogP contribution in [0.15, 0.2) is 0 Å². The molecule has 2 rings (SSSR count). The van der Waals surface area contributed by atoms with Crippen molar-refractivity contribution in [2.75, 3.05) is 7.05 Å². The summed E-state index contributed by atoms with van der Waals surface area (Å²) in [7, 11) is 2.14. The second kappa shape index (κ2) is 2.21. The van der Waals surface area contributed by atoms with E-state index in [-0.39, 0.29) is 6.10 Å². The Morgan fingerprint density at radius 3 is 2.80 bits per heavy atom. The Kier molecular flexibility index (Phi) is 1.46. The van der Waals surface area contributed by atoms with Crippen molar-refractivity contribution >= 4 is 0 Å². The number of likely N-dealkylation sites (N-methyl/N-ethyl adjacent to an activating group) is 1. The molecule has 0 amide bonds. The van der Waals surface area contributed by atoms with Crippen molar-refractivity contribution in [3.05, 3.63) is 0 Å². The number of hydrogen-bond donors (Lipinski definition) is 1. The Morgan fingerprint density at radius 2 is 2.20 bits per heavy atom. The van der Waals surface area contributed by atoms with Gasteiger partial charge in [-0.15, -0.1) is 0 Å². The van der Waals surface area contributed by atoms with Crippen LogP contribution in [0.5, 0.6) is 0 Å². The van der Waals surface area contributed by atoms with E-state index in [1.165, 1.54) is 19.3 Å². The van der Waals surface area contributed by atoms with Crippen LogP contribution < -0.4 is 0 Å². The van der Waals surface area contributed by atoms with E-state index >= 15 is 0 Å². The Labute approximate surface area is 61.8 Å². The SMILES string of the molecule is CN1[C@H]2CCC[C@H]1C(O)C2. The first-order chi connectivity index (χ1) is 4.79.